The number of carbonyl (C=O) groups is 2. The maximum absolute atomic E-state index is 13.5. The van der Waals surface area contributed by atoms with Crippen LogP contribution < -0.4 is 9.62 Å². The number of amides is 2. The fourth-order valence-corrected chi connectivity index (χ4v) is 4.79. The van der Waals surface area contributed by atoms with E-state index < -0.39 is 40.0 Å². The van der Waals surface area contributed by atoms with Crippen LogP contribution in [-0.2, 0) is 26.2 Å². The molecule has 0 saturated carbocycles. The molecule has 0 aliphatic carbocycles. The number of nitrogens with zero attached hydrogens (tertiary/aromatic N) is 2. The van der Waals surface area contributed by atoms with E-state index in [1.165, 1.54) is 23.1 Å². The van der Waals surface area contributed by atoms with Crippen LogP contribution in [0.4, 0.5) is 5.69 Å². The van der Waals surface area contributed by atoms with Crippen molar-refractivity contribution in [1.82, 2.24) is 10.2 Å². The summed E-state index contributed by atoms with van der Waals surface area (Å²) < 4.78 is 26.1. The SMILES string of the molecule is C[C@@H](C(=O)NC(C)(C)C)N(Cc1ccc(Cl)c(Cl)c1)C(=O)CN(c1cccc(Cl)c1Cl)S(C)(=O)=O. The maximum atomic E-state index is 13.5. The van der Waals surface area contributed by atoms with Gasteiger partial charge in [0.2, 0.25) is 21.8 Å². The lowest BCUT2D eigenvalue weighted by atomic mass is 10.1. The predicted octanol–water partition coefficient (Wildman–Crippen LogP) is 5.40. The highest BCUT2D eigenvalue weighted by Gasteiger charge is 2.32. The molecule has 0 aromatic heterocycles. The van der Waals surface area contributed by atoms with E-state index in [1.54, 1.807) is 25.1 Å². The van der Waals surface area contributed by atoms with Crippen molar-refractivity contribution < 1.29 is 18.0 Å². The molecule has 192 valence electrons. The molecule has 0 radical (unpaired) electrons. The van der Waals surface area contributed by atoms with Crippen LogP contribution in [0.1, 0.15) is 33.3 Å². The number of halogens is 4. The Morgan fingerprint density at radius 1 is 1.00 bits per heavy atom. The molecule has 0 bridgehead atoms. The van der Waals surface area contributed by atoms with Gasteiger partial charge in [0, 0.05) is 12.1 Å². The van der Waals surface area contributed by atoms with Crippen LogP contribution in [0.3, 0.4) is 0 Å². The number of carbonyl (C=O) groups excluding carboxylic acids is 2. The second kappa shape index (κ2) is 11.6. The molecule has 2 rings (SSSR count). The molecule has 0 heterocycles. The molecule has 35 heavy (non-hydrogen) atoms. The highest BCUT2D eigenvalue weighted by Crippen LogP contribution is 2.34. The number of benzene rings is 2. The van der Waals surface area contributed by atoms with Crippen LogP contribution in [-0.4, -0.2) is 49.5 Å². The number of nitrogens with one attached hydrogen (secondary N) is 1. The molecule has 2 amide bonds. The smallest absolute Gasteiger partial charge is 0.244 e. The molecule has 0 unspecified atom stereocenters. The van der Waals surface area contributed by atoms with E-state index in [1.807, 2.05) is 20.8 Å². The lowest BCUT2D eigenvalue weighted by Crippen LogP contribution is -2.54. The fraction of sp³-hybridized carbons (Fsp3) is 0.391. The molecule has 1 N–H and O–H groups in total. The molecule has 1 atom stereocenters. The third-order valence-electron chi connectivity index (χ3n) is 4.88. The van der Waals surface area contributed by atoms with Gasteiger partial charge in [-0.2, -0.15) is 0 Å². The van der Waals surface area contributed by atoms with Gasteiger partial charge in [-0.15, -0.1) is 0 Å². The van der Waals surface area contributed by atoms with Crippen LogP contribution >= 0.6 is 46.4 Å². The Bertz CT molecular complexity index is 1220. The molecule has 2 aromatic carbocycles. The number of sulfonamides is 1. The van der Waals surface area contributed by atoms with E-state index in [9.17, 15) is 18.0 Å². The number of hydrogen-bond donors (Lipinski definition) is 1. The zero-order chi connectivity index (χ0) is 26.7. The van der Waals surface area contributed by atoms with Gasteiger partial charge in [0.25, 0.3) is 0 Å². The third-order valence-corrected chi connectivity index (χ3v) is 7.56. The van der Waals surface area contributed by atoms with Crippen molar-refractivity contribution >= 4 is 73.9 Å². The molecule has 0 aliphatic heterocycles. The third kappa shape index (κ3) is 8.15. The summed E-state index contributed by atoms with van der Waals surface area (Å²) in [6.07, 6.45) is 0.955. The molecule has 2 aromatic rings. The van der Waals surface area contributed by atoms with Crippen molar-refractivity contribution in [3.8, 4) is 0 Å². The molecule has 0 saturated heterocycles. The molecular weight excluding hydrogens is 556 g/mol. The first kappa shape index (κ1) is 29.5. The summed E-state index contributed by atoms with van der Waals surface area (Å²) >= 11 is 24.5. The summed E-state index contributed by atoms with van der Waals surface area (Å²) in [7, 11) is -3.94. The van der Waals surface area contributed by atoms with E-state index in [-0.39, 0.29) is 27.3 Å². The Morgan fingerprint density at radius 3 is 2.17 bits per heavy atom. The minimum atomic E-state index is -3.94. The van der Waals surface area contributed by atoms with E-state index in [0.29, 0.717) is 10.6 Å². The van der Waals surface area contributed by atoms with Gasteiger partial charge in [0.1, 0.15) is 12.6 Å². The van der Waals surface area contributed by atoms with Gasteiger partial charge in [-0.3, -0.25) is 13.9 Å². The first-order valence-electron chi connectivity index (χ1n) is 10.5. The van der Waals surface area contributed by atoms with E-state index >= 15 is 0 Å². The second-order valence-corrected chi connectivity index (χ2v) is 12.5. The Labute approximate surface area is 226 Å². The van der Waals surface area contributed by atoms with E-state index in [2.05, 4.69) is 5.32 Å². The Morgan fingerprint density at radius 2 is 1.63 bits per heavy atom. The number of hydrogen-bond acceptors (Lipinski definition) is 4. The van der Waals surface area contributed by atoms with Gasteiger partial charge in [0.05, 0.1) is 32.0 Å². The van der Waals surface area contributed by atoms with E-state index in [4.69, 9.17) is 46.4 Å². The Balaban J connectivity index is 2.47. The molecular formula is C23H27Cl4N3O4S. The molecule has 0 aliphatic rings. The summed E-state index contributed by atoms with van der Waals surface area (Å²) in [5, 5.41) is 3.59. The summed E-state index contributed by atoms with van der Waals surface area (Å²) in [5.74, 6) is -1.04. The van der Waals surface area contributed by atoms with Gasteiger partial charge in [-0.1, -0.05) is 58.5 Å². The number of anilines is 1. The number of rotatable bonds is 8. The standard InChI is InChI=1S/C23H27Cl4N3O4S/c1-14(22(32)28-23(2,3)4)29(12-15-9-10-16(24)18(26)11-15)20(31)13-30(35(5,33)34)19-8-6-7-17(25)21(19)27/h6-11,14H,12-13H2,1-5H3,(H,28,32)/t14-/m0/s1. The van der Waals surface area contributed by atoms with Crippen LogP contribution in [0, 0.1) is 0 Å². The molecule has 7 nitrogen and oxygen atoms in total. The topological polar surface area (TPSA) is 86.8 Å². The van der Waals surface area contributed by atoms with E-state index in [0.717, 1.165) is 10.6 Å². The minimum Gasteiger partial charge on any atom is -0.350 e. The van der Waals surface area contributed by atoms with Gasteiger partial charge in [-0.05, 0) is 57.5 Å². The van der Waals surface area contributed by atoms with Gasteiger partial charge in [0.15, 0.2) is 0 Å². The zero-order valence-electron chi connectivity index (χ0n) is 19.9. The van der Waals surface area contributed by atoms with Crippen LogP contribution in [0.5, 0.6) is 0 Å². The Kier molecular flexibility index (Phi) is 9.75. The van der Waals surface area contributed by atoms with Gasteiger partial charge in [-0.25, -0.2) is 8.42 Å². The summed E-state index contributed by atoms with van der Waals surface area (Å²) in [6.45, 7) is 6.39. The van der Waals surface area contributed by atoms with Crippen LogP contribution in [0.2, 0.25) is 20.1 Å². The summed E-state index contributed by atoms with van der Waals surface area (Å²) in [4.78, 5) is 27.8. The van der Waals surface area contributed by atoms with Crippen LogP contribution in [0.25, 0.3) is 0 Å². The largest absolute Gasteiger partial charge is 0.350 e. The molecule has 0 fully saturated rings. The molecule has 12 heteroatoms. The maximum Gasteiger partial charge on any atom is 0.244 e. The zero-order valence-corrected chi connectivity index (χ0v) is 23.7. The van der Waals surface area contributed by atoms with Crippen molar-refractivity contribution in [3.05, 3.63) is 62.1 Å². The van der Waals surface area contributed by atoms with Crippen molar-refractivity contribution in [1.29, 1.82) is 0 Å². The second-order valence-electron chi connectivity index (χ2n) is 9.03. The highest BCUT2D eigenvalue weighted by molar-refractivity contribution is 7.92. The van der Waals surface area contributed by atoms with Gasteiger partial charge < -0.3 is 10.2 Å². The average molecular weight is 583 g/mol. The predicted molar refractivity (Wildman–Crippen MR) is 143 cm³/mol. The average Bonchev–Trinajstić information content (AvgIpc) is 2.72. The quantitative estimate of drug-likeness (QED) is 0.451. The van der Waals surface area contributed by atoms with Crippen molar-refractivity contribution in [2.45, 2.75) is 45.8 Å². The molecule has 0 spiro atoms. The summed E-state index contributed by atoms with van der Waals surface area (Å²) in [5.41, 5.74) is 0.114. The van der Waals surface area contributed by atoms with Crippen molar-refractivity contribution in [2.75, 3.05) is 17.1 Å². The van der Waals surface area contributed by atoms with Crippen molar-refractivity contribution in [3.63, 3.8) is 0 Å². The summed E-state index contributed by atoms with van der Waals surface area (Å²) in [6, 6.07) is 8.38. The first-order chi connectivity index (χ1) is 16.0. The normalized spacial score (nSPS) is 12.7. The van der Waals surface area contributed by atoms with Crippen molar-refractivity contribution in [2.24, 2.45) is 0 Å². The lowest BCUT2D eigenvalue weighted by molar-refractivity contribution is -0.140. The monoisotopic (exact) mass is 581 g/mol. The van der Waals surface area contributed by atoms with Gasteiger partial charge >= 0.3 is 0 Å². The fourth-order valence-electron chi connectivity index (χ4n) is 3.17. The lowest BCUT2D eigenvalue weighted by Gasteiger charge is -2.33. The van der Waals surface area contributed by atoms with Crippen LogP contribution in [0.15, 0.2) is 36.4 Å². The first-order valence-corrected chi connectivity index (χ1v) is 13.8. The minimum absolute atomic E-state index is 0.0121. The highest BCUT2D eigenvalue weighted by atomic mass is 35.5. The Hall–Kier alpha value is -1.71.